The average molecular weight is 509 g/mol. The zero-order valence-electron chi connectivity index (χ0n) is 19.7. The Labute approximate surface area is 211 Å². The summed E-state index contributed by atoms with van der Waals surface area (Å²) in [5.74, 6) is 1.02. The number of methoxy groups -OCH3 is 2. The SMILES string of the molecule is COc1ccc([C@@H]2CC(c3cccs3)=NN2C(=O)COC(=O)[C@@H]2COc3ccccc3O2)cc1OC. The van der Waals surface area contributed by atoms with E-state index in [4.69, 9.17) is 23.7 Å². The molecular weight excluding hydrogens is 484 g/mol. The van der Waals surface area contributed by atoms with E-state index in [0.717, 1.165) is 16.2 Å². The highest BCUT2D eigenvalue weighted by Crippen LogP contribution is 2.38. The maximum absolute atomic E-state index is 13.2. The summed E-state index contributed by atoms with van der Waals surface area (Å²) in [6.07, 6.45) is -0.454. The van der Waals surface area contributed by atoms with Crippen LogP contribution in [0.1, 0.15) is 22.9 Å². The number of para-hydroxylation sites is 2. The number of hydrazone groups is 1. The smallest absolute Gasteiger partial charge is 0.351 e. The lowest BCUT2D eigenvalue weighted by Gasteiger charge is -2.26. The number of carbonyl (C=O) groups excluding carboxylic acids is 2. The molecule has 3 heterocycles. The van der Waals surface area contributed by atoms with Crippen molar-refractivity contribution in [2.75, 3.05) is 27.4 Å². The molecule has 0 aliphatic carbocycles. The number of carbonyl (C=O) groups is 2. The van der Waals surface area contributed by atoms with E-state index in [-0.39, 0.29) is 6.61 Å². The summed E-state index contributed by atoms with van der Waals surface area (Å²) in [7, 11) is 3.12. The van der Waals surface area contributed by atoms with Crippen LogP contribution in [0.3, 0.4) is 0 Å². The lowest BCUT2D eigenvalue weighted by molar-refractivity contribution is -0.160. The molecule has 0 N–H and O–H groups in total. The molecule has 0 saturated heterocycles. The van der Waals surface area contributed by atoms with Crippen LogP contribution >= 0.6 is 11.3 Å². The van der Waals surface area contributed by atoms with Crippen LogP contribution < -0.4 is 18.9 Å². The van der Waals surface area contributed by atoms with Crippen LogP contribution in [0.25, 0.3) is 0 Å². The van der Waals surface area contributed by atoms with E-state index in [0.29, 0.717) is 29.4 Å². The van der Waals surface area contributed by atoms with Gasteiger partial charge in [0.1, 0.15) is 6.61 Å². The third-order valence-corrected chi connectivity index (χ3v) is 6.79. The molecule has 0 spiro atoms. The number of hydrogen-bond donors (Lipinski definition) is 0. The second-order valence-electron chi connectivity index (χ2n) is 8.07. The molecule has 0 bridgehead atoms. The molecule has 1 amide bonds. The van der Waals surface area contributed by atoms with Crippen molar-refractivity contribution in [2.24, 2.45) is 5.10 Å². The molecule has 2 aliphatic heterocycles. The minimum Gasteiger partial charge on any atom is -0.493 e. The molecule has 0 saturated carbocycles. The number of amides is 1. The number of fused-ring (bicyclic) bond motifs is 1. The van der Waals surface area contributed by atoms with Gasteiger partial charge < -0.3 is 23.7 Å². The van der Waals surface area contributed by atoms with Crippen molar-refractivity contribution in [1.29, 1.82) is 0 Å². The predicted octanol–water partition coefficient (Wildman–Crippen LogP) is 3.83. The molecule has 0 unspecified atom stereocenters. The molecule has 186 valence electrons. The van der Waals surface area contributed by atoms with Crippen molar-refractivity contribution in [2.45, 2.75) is 18.6 Å². The maximum Gasteiger partial charge on any atom is 0.351 e. The van der Waals surface area contributed by atoms with Crippen LogP contribution in [0, 0.1) is 0 Å². The van der Waals surface area contributed by atoms with Crippen LogP contribution in [0.4, 0.5) is 0 Å². The van der Waals surface area contributed by atoms with E-state index in [1.807, 2.05) is 35.7 Å². The van der Waals surface area contributed by atoms with E-state index in [1.165, 1.54) is 5.01 Å². The van der Waals surface area contributed by atoms with Crippen molar-refractivity contribution < 1.29 is 33.3 Å². The van der Waals surface area contributed by atoms with Gasteiger partial charge in [-0.2, -0.15) is 5.10 Å². The Bertz CT molecular complexity index is 1290. The van der Waals surface area contributed by atoms with Gasteiger partial charge in [0.2, 0.25) is 6.10 Å². The third-order valence-electron chi connectivity index (χ3n) is 5.87. The fourth-order valence-electron chi connectivity index (χ4n) is 4.08. The standard InChI is InChI=1S/C26H24N2O7S/c1-31-19-10-9-16(12-22(19)32-2)18-13-17(24-8-5-11-36-24)27-28(18)25(29)15-34-26(30)23-14-33-20-6-3-4-7-21(20)35-23/h3-12,18,23H,13-15H2,1-2H3/t18-,23-/m0/s1. The van der Waals surface area contributed by atoms with Crippen LogP contribution in [0.5, 0.6) is 23.0 Å². The highest BCUT2D eigenvalue weighted by atomic mass is 32.1. The predicted molar refractivity (Wildman–Crippen MR) is 132 cm³/mol. The summed E-state index contributed by atoms with van der Waals surface area (Å²) < 4.78 is 27.3. The monoisotopic (exact) mass is 508 g/mol. The molecule has 1 aromatic heterocycles. The van der Waals surface area contributed by atoms with E-state index in [1.54, 1.807) is 49.8 Å². The Hall–Kier alpha value is -4.05. The van der Waals surface area contributed by atoms with Crippen molar-refractivity contribution in [3.63, 3.8) is 0 Å². The Kier molecular flexibility index (Phi) is 6.77. The lowest BCUT2D eigenvalue weighted by atomic mass is 10.0. The Morgan fingerprint density at radius 1 is 1.06 bits per heavy atom. The quantitative estimate of drug-likeness (QED) is 0.448. The van der Waals surface area contributed by atoms with Crippen molar-refractivity contribution in [3.05, 3.63) is 70.4 Å². The van der Waals surface area contributed by atoms with Gasteiger partial charge in [-0.25, -0.2) is 9.80 Å². The molecule has 3 aromatic rings. The number of ether oxygens (including phenoxy) is 5. The number of hydrogen-bond acceptors (Lipinski definition) is 9. The number of esters is 1. The Morgan fingerprint density at radius 3 is 2.61 bits per heavy atom. The Balaban J connectivity index is 1.31. The molecule has 0 fully saturated rings. The van der Waals surface area contributed by atoms with Crippen molar-refractivity contribution in [1.82, 2.24) is 5.01 Å². The van der Waals surface area contributed by atoms with Gasteiger partial charge in [-0.05, 0) is 41.3 Å². The fraction of sp³-hybridized carbons (Fsp3) is 0.269. The zero-order valence-corrected chi connectivity index (χ0v) is 20.5. The van der Waals surface area contributed by atoms with Gasteiger partial charge in [-0.3, -0.25) is 4.79 Å². The molecule has 2 aliphatic rings. The van der Waals surface area contributed by atoms with E-state index >= 15 is 0 Å². The second-order valence-corrected chi connectivity index (χ2v) is 9.02. The van der Waals surface area contributed by atoms with E-state index < -0.39 is 30.6 Å². The minimum absolute atomic E-state index is 0.00268. The number of benzene rings is 2. The number of thiophene rings is 1. The summed E-state index contributed by atoms with van der Waals surface area (Å²) in [6, 6.07) is 16.0. The number of rotatable bonds is 7. The first-order valence-corrected chi connectivity index (χ1v) is 12.2. The van der Waals surface area contributed by atoms with Crippen molar-refractivity contribution in [3.8, 4) is 23.0 Å². The third kappa shape index (κ3) is 4.72. The molecule has 2 atom stereocenters. The Morgan fingerprint density at radius 2 is 1.86 bits per heavy atom. The van der Waals surface area contributed by atoms with Crippen molar-refractivity contribution >= 4 is 28.9 Å². The summed E-state index contributed by atoms with van der Waals surface area (Å²) in [5, 5.41) is 7.93. The van der Waals surface area contributed by atoms with Crippen LogP contribution in [-0.2, 0) is 14.3 Å². The van der Waals surface area contributed by atoms with E-state index in [2.05, 4.69) is 5.10 Å². The molecule has 10 heteroatoms. The highest BCUT2D eigenvalue weighted by Gasteiger charge is 2.35. The lowest BCUT2D eigenvalue weighted by Crippen LogP contribution is -2.40. The first-order chi connectivity index (χ1) is 17.6. The fourth-order valence-corrected chi connectivity index (χ4v) is 4.80. The molecular formula is C26H24N2O7S. The normalized spacial score (nSPS) is 18.4. The summed E-state index contributed by atoms with van der Waals surface area (Å²) in [6.45, 7) is -0.478. The molecule has 0 radical (unpaired) electrons. The number of nitrogens with zero attached hydrogens (tertiary/aromatic N) is 2. The zero-order chi connectivity index (χ0) is 25.1. The first-order valence-electron chi connectivity index (χ1n) is 11.3. The summed E-state index contributed by atoms with van der Waals surface area (Å²) >= 11 is 1.55. The van der Waals surface area contributed by atoms with Gasteiger partial charge in [0.25, 0.3) is 5.91 Å². The minimum atomic E-state index is -0.960. The van der Waals surface area contributed by atoms with Gasteiger partial charge >= 0.3 is 5.97 Å². The van der Waals surface area contributed by atoms with Crippen LogP contribution in [-0.4, -0.2) is 56.1 Å². The second kappa shape index (κ2) is 10.3. The average Bonchev–Trinajstić information content (AvgIpc) is 3.61. The van der Waals surface area contributed by atoms with Gasteiger partial charge in [0.05, 0.1) is 30.9 Å². The first kappa shape index (κ1) is 23.7. The van der Waals surface area contributed by atoms with Gasteiger partial charge in [-0.15, -0.1) is 11.3 Å². The highest BCUT2D eigenvalue weighted by molar-refractivity contribution is 7.12. The van der Waals surface area contributed by atoms with Gasteiger partial charge in [0, 0.05) is 6.42 Å². The van der Waals surface area contributed by atoms with E-state index in [9.17, 15) is 9.59 Å². The summed E-state index contributed by atoms with van der Waals surface area (Å²) in [5.41, 5.74) is 1.60. The molecule has 2 aromatic carbocycles. The summed E-state index contributed by atoms with van der Waals surface area (Å²) in [4.78, 5) is 26.8. The van der Waals surface area contributed by atoms with Crippen LogP contribution in [0.2, 0.25) is 0 Å². The molecule has 9 nitrogen and oxygen atoms in total. The van der Waals surface area contributed by atoms with Crippen LogP contribution in [0.15, 0.2) is 65.1 Å². The molecule has 5 rings (SSSR count). The van der Waals surface area contributed by atoms with Gasteiger partial charge in [-0.1, -0.05) is 24.3 Å². The topological polar surface area (TPSA) is 95.9 Å². The maximum atomic E-state index is 13.2. The molecule has 36 heavy (non-hydrogen) atoms. The van der Waals surface area contributed by atoms with Gasteiger partial charge in [0.15, 0.2) is 29.6 Å². The largest absolute Gasteiger partial charge is 0.493 e.